The minimum atomic E-state index is -1.71. The van der Waals surface area contributed by atoms with Gasteiger partial charge >= 0.3 is 0 Å². The van der Waals surface area contributed by atoms with Crippen molar-refractivity contribution in [3.8, 4) is 0 Å². The summed E-state index contributed by atoms with van der Waals surface area (Å²) in [6.07, 6.45) is -0.831. The molecule has 0 unspecified atom stereocenters. The van der Waals surface area contributed by atoms with Crippen LogP contribution in [0, 0.1) is 11.8 Å². The Balaban J connectivity index is 2.70. The number of benzene rings is 1. The van der Waals surface area contributed by atoms with Gasteiger partial charge in [0.05, 0.1) is 12.2 Å². The third-order valence-electron chi connectivity index (χ3n) is 14.6. The van der Waals surface area contributed by atoms with Crippen LogP contribution in [-0.2, 0) is 59.2 Å². The van der Waals surface area contributed by atoms with Crippen molar-refractivity contribution in [3.63, 3.8) is 0 Å². The van der Waals surface area contributed by atoms with Crippen molar-refractivity contribution in [1.29, 1.82) is 0 Å². The summed E-state index contributed by atoms with van der Waals surface area (Å²) in [4.78, 5) is 154. The predicted molar refractivity (Wildman–Crippen MR) is 325 cm³/mol. The quantitative estimate of drug-likeness (QED) is 0.0253. The molecule has 1 saturated heterocycles. The fourth-order valence-electron chi connectivity index (χ4n) is 9.32. The van der Waals surface area contributed by atoms with Crippen LogP contribution in [0.5, 0.6) is 0 Å². The largest absolute Gasteiger partial charge is 0.399 e. The van der Waals surface area contributed by atoms with Gasteiger partial charge in [-0.2, -0.15) is 0 Å². The molecule has 25 N–H and O–H groups in total. The highest BCUT2D eigenvalue weighted by molar-refractivity contribution is 5.99. The molecule has 492 valence electrons. The summed E-state index contributed by atoms with van der Waals surface area (Å²) < 4.78 is 0. The Kier molecular flexibility index (Phi) is 35.3. The van der Waals surface area contributed by atoms with Gasteiger partial charge in [-0.25, -0.2) is 0 Å². The van der Waals surface area contributed by atoms with Crippen LogP contribution in [0.1, 0.15) is 131 Å². The van der Waals surface area contributed by atoms with E-state index in [9.17, 15) is 63.0 Å². The number of carbonyl (C=O) groups is 11. The second-order valence-corrected chi connectivity index (χ2v) is 22.7. The van der Waals surface area contributed by atoms with Gasteiger partial charge < -0.3 is 103 Å². The highest BCUT2D eigenvalue weighted by Gasteiger charge is 2.38. The number of carbonyl (C=O) groups excluding carboxylic acids is 11. The number of aliphatic hydroxyl groups is 2. The average molecular weight is 1230 g/mol. The minimum absolute atomic E-state index is 0.0125. The number of anilines is 1. The van der Waals surface area contributed by atoms with Crippen LogP contribution in [0.4, 0.5) is 5.69 Å². The standard InChI is InChI=1S/C57H101N17O13/c1-7-32(4)11-8-9-13-45(77)65-38(18-24-59)52(82)74-47(34(6)76)57(87)70-40(20-26-61)49(79)69-42-22-28-64-56(86)46(33(5)75)73-53(83)41(21-27-62)68-48(78)37(12-10-23-58)66-54(84)43(29-31(2)3)71-55(85)44(30-35-14-16-36(63)17-15-35)72-50(80)39(19-25-60)67-51(42)81/h14-17,31-34,37-44,46-47,75-76H,7-13,18-30,58-63H2,1-6H3,(H,64,86)(H,65,77)(H,66,84)(H,67,81)(H,68,78)(H,69,79)(H,70,87)(H,71,85)(H,72,80)(H,73,83)(H,74,82)/t32-,33+,34+,37-,38-,39-,40-,41-,42-,43-,44+,46-,47-/m0/s1. The number of aliphatic hydroxyl groups excluding tert-OH is 2. The summed E-state index contributed by atoms with van der Waals surface area (Å²) in [6, 6.07) is -8.48. The van der Waals surface area contributed by atoms with Gasteiger partial charge in [0.2, 0.25) is 65.0 Å². The van der Waals surface area contributed by atoms with E-state index < -0.39 is 151 Å². The number of amides is 11. The number of hydrogen-bond donors (Lipinski definition) is 19. The Morgan fingerprint density at radius 3 is 1.61 bits per heavy atom. The second-order valence-electron chi connectivity index (χ2n) is 22.7. The third-order valence-corrected chi connectivity index (χ3v) is 14.6. The van der Waals surface area contributed by atoms with Crippen molar-refractivity contribution in [2.75, 3.05) is 45.0 Å². The van der Waals surface area contributed by atoms with Crippen LogP contribution in [0.3, 0.4) is 0 Å². The van der Waals surface area contributed by atoms with Crippen molar-refractivity contribution < 1.29 is 63.0 Å². The Labute approximate surface area is 509 Å². The first-order chi connectivity index (χ1) is 41.2. The Morgan fingerprint density at radius 1 is 0.563 bits per heavy atom. The summed E-state index contributed by atoms with van der Waals surface area (Å²) in [6.45, 7) is 9.18. The maximum Gasteiger partial charge on any atom is 0.245 e. The molecule has 0 radical (unpaired) electrons. The molecule has 0 spiro atoms. The fourth-order valence-corrected chi connectivity index (χ4v) is 9.32. The van der Waals surface area contributed by atoms with E-state index in [0.29, 0.717) is 23.6 Å². The molecular weight excluding hydrogens is 1130 g/mol. The molecule has 0 aliphatic carbocycles. The van der Waals surface area contributed by atoms with Crippen LogP contribution in [-0.4, -0.2) is 187 Å². The van der Waals surface area contributed by atoms with Crippen molar-refractivity contribution in [2.45, 2.75) is 204 Å². The lowest BCUT2D eigenvalue weighted by molar-refractivity contribution is -0.137. The summed E-state index contributed by atoms with van der Waals surface area (Å²) in [7, 11) is 0. The van der Waals surface area contributed by atoms with Crippen molar-refractivity contribution in [2.24, 2.45) is 40.5 Å². The summed E-state index contributed by atoms with van der Waals surface area (Å²) >= 11 is 0. The lowest BCUT2D eigenvalue weighted by atomic mass is 9.99. The van der Waals surface area contributed by atoms with Gasteiger partial charge in [0.1, 0.15) is 60.4 Å². The van der Waals surface area contributed by atoms with E-state index in [1.54, 1.807) is 38.1 Å². The van der Waals surface area contributed by atoms with Gasteiger partial charge in [-0.05, 0) is 134 Å². The Bertz CT molecular complexity index is 2380. The number of nitrogens with one attached hydrogen (secondary N) is 11. The van der Waals surface area contributed by atoms with Crippen molar-refractivity contribution >= 4 is 70.7 Å². The molecule has 1 aliphatic rings. The number of hydrogen-bond acceptors (Lipinski definition) is 19. The topological polar surface area (TPSA) is 517 Å². The van der Waals surface area contributed by atoms with Gasteiger partial charge in [-0.15, -0.1) is 0 Å². The summed E-state index contributed by atoms with van der Waals surface area (Å²) in [5, 5.41) is 49.8. The molecule has 0 saturated carbocycles. The van der Waals surface area contributed by atoms with Gasteiger partial charge in [-0.1, -0.05) is 59.1 Å². The monoisotopic (exact) mass is 1230 g/mol. The number of unbranched alkanes of at least 4 members (excludes halogenated alkanes) is 1. The SMILES string of the molecule is CC[C@H](C)CCCCC(=O)N[C@@H](CCN)C(=O)N[C@H](C(=O)N[C@@H](CCN)C(=O)N[C@H]1CCNC(=O)[C@H]([C@@H](C)O)NC(=O)[C@H](CCN)NC(=O)[C@H](CCCN)NC(=O)[C@H](CC(C)C)NC(=O)[C@@H](Cc2ccc(N)cc2)NC(=O)[C@H](CCN)NC1=O)[C@@H](C)O. The molecule has 30 nitrogen and oxygen atoms in total. The maximum atomic E-state index is 14.6. The number of nitrogen functional groups attached to an aromatic ring is 1. The van der Waals surface area contributed by atoms with E-state index in [2.05, 4.69) is 72.3 Å². The number of nitrogens with two attached hydrogens (primary N) is 6. The molecule has 1 fully saturated rings. The molecule has 1 aromatic carbocycles. The van der Waals surface area contributed by atoms with Crippen LogP contribution in [0.2, 0.25) is 0 Å². The fraction of sp³-hybridized carbons (Fsp3) is 0.702. The highest BCUT2D eigenvalue weighted by atomic mass is 16.3. The minimum Gasteiger partial charge on any atom is -0.399 e. The van der Waals surface area contributed by atoms with E-state index >= 15 is 0 Å². The molecule has 1 heterocycles. The smallest absolute Gasteiger partial charge is 0.245 e. The van der Waals surface area contributed by atoms with Crippen LogP contribution in [0.15, 0.2) is 24.3 Å². The molecule has 2 rings (SSSR count). The van der Waals surface area contributed by atoms with E-state index in [1.165, 1.54) is 13.8 Å². The maximum absolute atomic E-state index is 14.6. The lowest BCUT2D eigenvalue weighted by Gasteiger charge is -2.29. The van der Waals surface area contributed by atoms with Crippen molar-refractivity contribution in [3.05, 3.63) is 29.8 Å². The van der Waals surface area contributed by atoms with Crippen LogP contribution >= 0.6 is 0 Å². The first kappa shape index (κ1) is 76.0. The first-order valence-corrected chi connectivity index (χ1v) is 30.2. The Morgan fingerprint density at radius 2 is 1.08 bits per heavy atom. The van der Waals surface area contributed by atoms with Gasteiger partial charge in [0.15, 0.2) is 0 Å². The molecule has 87 heavy (non-hydrogen) atoms. The van der Waals surface area contributed by atoms with Gasteiger partial charge in [0.25, 0.3) is 0 Å². The third kappa shape index (κ3) is 27.7. The van der Waals surface area contributed by atoms with E-state index in [1.807, 2.05) is 0 Å². The van der Waals surface area contributed by atoms with E-state index in [0.717, 1.165) is 19.3 Å². The molecule has 11 amide bonds. The molecule has 0 aromatic heterocycles. The van der Waals surface area contributed by atoms with Crippen LogP contribution < -0.4 is 92.9 Å². The van der Waals surface area contributed by atoms with Gasteiger partial charge in [-0.3, -0.25) is 52.7 Å². The molecule has 0 bridgehead atoms. The zero-order valence-corrected chi connectivity index (χ0v) is 51.4. The molecule has 30 heteroatoms. The molecule has 13 atom stereocenters. The number of rotatable bonds is 30. The summed E-state index contributed by atoms with van der Waals surface area (Å²) in [5.74, 6) is -9.51. The van der Waals surface area contributed by atoms with Gasteiger partial charge in [0, 0.05) is 25.1 Å². The van der Waals surface area contributed by atoms with E-state index in [4.69, 9.17) is 34.4 Å². The zero-order valence-electron chi connectivity index (χ0n) is 51.4. The second kappa shape index (κ2) is 40.4. The Hall–Kier alpha value is -7.09. The lowest BCUT2D eigenvalue weighted by Crippen LogP contribution is -2.62. The van der Waals surface area contributed by atoms with E-state index in [-0.39, 0.29) is 96.4 Å². The highest BCUT2D eigenvalue weighted by Crippen LogP contribution is 2.15. The first-order valence-electron chi connectivity index (χ1n) is 30.2. The zero-order chi connectivity index (χ0) is 65.3. The van der Waals surface area contributed by atoms with Crippen molar-refractivity contribution in [1.82, 2.24) is 58.5 Å². The normalized spacial score (nSPS) is 22.6. The molecular formula is C57H101N17O13. The summed E-state index contributed by atoms with van der Waals surface area (Å²) in [5.41, 5.74) is 36.2. The molecule has 1 aliphatic heterocycles. The molecule has 1 aromatic rings. The predicted octanol–water partition coefficient (Wildman–Crippen LogP) is -5.27. The van der Waals surface area contributed by atoms with Crippen LogP contribution in [0.25, 0.3) is 0 Å². The average Bonchev–Trinajstić information content (AvgIpc) is 3.50.